The summed E-state index contributed by atoms with van der Waals surface area (Å²) >= 11 is 3.93. The summed E-state index contributed by atoms with van der Waals surface area (Å²) < 4.78 is 23.7. The maximum Gasteiger partial charge on any atom is 0.118 e. The predicted molar refractivity (Wildman–Crippen MR) is 181 cm³/mol. The van der Waals surface area contributed by atoms with E-state index in [1.165, 1.54) is 0 Å². The number of methoxy groups -OCH3 is 1. The van der Waals surface area contributed by atoms with E-state index >= 15 is 0 Å². The monoisotopic (exact) mass is 640 g/mol. The molecule has 3 aromatic carbocycles. The van der Waals surface area contributed by atoms with E-state index in [-0.39, 0.29) is 28.6 Å². The molecule has 240 valence electrons. The Hall–Kier alpha value is -2.04. The van der Waals surface area contributed by atoms with Crippen LogP contribution < -0.4 is 4.74 Å². The van der Waals surface area contributed by atoms with E-state index in [0.29, 0.717) is 26.4 Å². The molecule has 3 aromatic rings. The maximum atomic E-state index is 11.3. The molecule has 1 fully saturated rings. The fourth-order valence-corrected chi connectivity index (χ4v) is 9.32. The van der Waals surface area contributed by atoms with Crippen molar-refractivity contribution in [3.8, 4) is 5.75 Å². The first-order chi connectivity index (χ1) is 21.4. The summed E-state index contributed by atoms with van der Waals surface area (Å²) in [5.74, 6) is 2.88. The van der Waals surface area contributed by atoms with Crippen LogP contribution in [0.15, 0.2) is 84.9 Å². The molecule has 0 unspecified atom stereocenters. The molecule has 1 saturated heterocycles. The zero-order valence-electron chi connectivity index (χ0n) is 26.2. The average Bonchev–Trinajstić information content (AvgIpc) is 3.07. The summed E-state index contributed by atoms with van der Waals surface area (Å²) in [6.45, 7) is 6.20. The van der Waals surface area contributed by atoms with Crippen LogP contribution >= 0.6 is 23.5 Å². The minimum Gasteiger partial charge on any atom is -0.497 e. The summed E-state index contributed by atoms with van der Waals surface area (Å²) in [6, 6.07) is 28.0. The third kappa shape index (κ3) is 10.5. The van der Waals surface area contributed by atoms with Crippen molar-refractivity contribution in [2.45, 2.75) is 68.9 Å². The third-order valence-electron chi connectivity index (χ3n) is 8.37. The van der Waals surface area contributed by atoms with Crippen molar-refractivity contribution in [3.63, 3.8) is 0 Å². The van der Waals surface area contributed by atoms with Crippen LogP contribution in [-0.4, -0.2) is 64.4 Å². The Morgan fingerprint density at radius 1 is 0.727 bits per heavy atom. The Balaban J connectivity index is 1.41. The van der Waals surface area contributed by atoms with Crippen molar-refractivity contribution >= 4 is 23.5 Å². The maximum absolute atomic E-state index is 11.3. The van der Waals surface area contributed by atoms with Gasteiger partial charge in [0.05, 0.1) is 56.4 Å². The number of thioether (sulfide) groups is 2. The normalized spacial score (nSPS) is 18.2. The zero-order valence-corrected chi connectivity index (χ0v) is 27.8. The van der Waals surface area contributed by atoms with Crippen molar-refractivity contribution in [1.82, 2.24) is 0 Å². The van der Waals surface area contributed by atoms with Gasteiger partial charge in [-0.3, -0.25) is 0 Å². The Morgan fingerprint density at radius 2 is 1.27 bits per heavy atom. The van der Waals surface area contributed by atoms with Gasteiger partial charge < -0.3 is 29.2 Å². The van der Waals surface area contributed by atoms with E-state index in [4.69, 9.17) is 18.9 Å². The second kappa shape index (κ2) is 18.2. The Bertz CT molecular complexity index is 1190. The second-order valence-corrected chi connectivity index (χ2v) is 14.7. The van der Waals surface area contributed by atoms with E-state index < -0.39 is 12.2 Å². The number of rotatable bonds is 18. The molecule has 1 aliphatic heterocycles. The smallest absolute Gasteiger partial charge is 0.118 e. The van der Waals surface area contributed by atoms with E-state index in [9.17, 15) is 10.2 Å². The first-order valence-corrected chi connectivity index (χ1v) is 17.5. The molecular weight excluding hydrogens is 593 g/mol. The second-order valence-electron chi connectivity index (χ2n) is 11.6. The highest BCUT2D eigenvalue weighted by Gasteiger charge is 2.45. The minimum atomic E-state index is -0.968. The van der Waals surface area contributed by atoms with E-state index in [1.807, 2.05) is 103 Å². The van der Waals surface area contributed by atoms with Gasteiger partial charge >= 0.3 is 0 Å². The number of hydrogen-bond donors (Lipinski definition) is 2. The molecule has 4 rings (SSSR count). The lowest BCUT2D eigenvalue weighted by Crippen LogP contribution is -2.47. The van der Waals surface area contributed by atoms with Crippen LogP contribution in [0.5, 0.6) is 5.75 Å². The quantitative estimate of drug-likeness (QED) is 0.155. The van der Waals surface area contributed by atoms with Crippen molar-refractivity contribution in [3.05, 3.63) is 102 Å². The molecule has 0 bridgehead atoms. The molecule has 8 heteroatoms. The van der Waals surface area contributed by atoms with Gasteiger partial charge in [-0.05, 0) is 65.0 Å². The van der Waals surface area contributed by atoms with Gasteiger partial charge in [-0.15, -0.1) is 23.5 Å². The van der Waals surface area contributed by atoms with Gasteiger partial charge in [-0.2, -0.15) is 0 Å². The summed E-state index contributed by atoms with van der Waals surface area (Å²) in [5, 5.41) is 22.2. The van der Waals surface area contributed by atoms with Gasteiger partial charge in [0.1, 0.15) is 11.9 Å². The Kier molecular flexibility index (Phi) is 14.4. The van der Waals surface area contributed by atoms with E-state index in [0.717, 1.165) is 46.8 Å². The first kappa shape index (κ1) is 34.8. The number of ether oxygens (including phenoxy) is 4. The van der Waals surface area contributed by atoms with Crippen LogP contribution in [0.3, 0.4) is 0 Å². The molecule has 0 spiro atoms. The molecule has 0 saturated carbocycles. The molecule has 1 heterocycles. The minimum absolute atomic E-state index is 0.0857. The first-order valence-electron chi connectivity index (χ1n) is 15.5. The predicted octanol–water partition coefficient (Wildman–Crippen LogP) is 6.96. The van der Waals surface area contributed by atoms with Gasteiger partial charge in [0.2, 0.25) is 0 Å². The topological polar surface area (TPSA) is 77.4 Å². The van der Waals surface area contributed by atoms with Gasteiger partial charge in [0, 0.05) is 0 Å². The Morgan fingerprint density at radius 3 is 1.86 bits per heavy atom. The summed E-state index contributed by atoms with van der Waals surface area (Å²) in [5.41, 5.74) is 3.25. The number of hydrogen-bond acceptors (Lipinski definition) is 8. The van der Waals surface area contributed by atoms with Gasteiger partial charge in [-0.1, -0.05) is 86.6 Å². The van der Waals surface area contributed by atoms with Gasteiger partial charge in [0.15, 0.2) is 0 Å². The van der Waals surface area contributed by atoms with Crippen LogP contribution in [0.2, 0.25) is 0 Å². The summed E-state index contributed by atoms with van der Waals surface area (Å²) in [6.07, 6.45) is -0.0883. The van der Waals surface area contributed by atoms with E-state index in [1.54, 1.807) is 7.11 Å². The lowest BCUT2D eigenvalue weighted by molar-refractivity contribution is -0.0737. The highest BCUT2D eigenvalue weighted by Crippen LogP contribution is 2.53. The molecule has 0 radical (unpaired) electrons. The summed E-state index contributed by atoms with van der Waals surface area (Å²) in [4.78, 5) is 0. The standard InChI is InChI=1S/C36H48O6S2/c1-27(35(38)34(37)26-41-22-29-11-6-4-7-12-29)28(2)36(43-19-10-20-44-36)21-33(42-24-30-13-8-5-9-14-30)25-40-23-31-15-17-32(39-3)18-16-31/h4-9,11-18,27-28,33-35,37-38H,10,19-26H2,1-3H3/t27-,28-,33-,34+,35-/m0/s1. The third-order valence-corrected chi connectivity index (χ3v) is 12.1. The fraction of sp³-hybridized carbons (Fsp3) is 0.500. The SMILES string of the molecule is COc1ccc(COC[C@H](CC2([C@@H](C)[C@H](C)[C@H](O)[C@H](O)COCc3ccccc3)SCCCS2)OCc2ccccc2)cc1. The molecule has 6 nitrogen and oxygen atoms in total. The average molecular weight is 641 g/mol. The molecule has 0 aliphatic carbocycles. The molecule has 44 heavy (non-hydrogen) atoms. The molecule has 1 aliphatic rings. The molecule has 0 amide bonds. The van der Waals surface area contributed by atoms with Crippen LogP contribution in [0, 0.1) is 11.8 Å². The van der Waals surface area contributed by atoms with Crippen molar-refractivity contribution in [1.29, 1.82) is 0 Å². The van der Waals surface area contributed by atoms with Crippen LogP contribution in [-0.2, 0) is 34.0 Å². The fourth-order valence-electron chi connectivity index (χ4n) is 5.48. The molecule has 5 atom stereocenters. The zero-order chi connectivity index (χ0) is 31.2. The number of aliphatic hydroxyl groups is 2. The van der Waals surface area contributed by atoms with Crippen molar-refractivity contribution < 1.29 is 29.2 Å². The van der Waals surface area contributed by atoms with Crippen molar-refractivity contribution in [2.75, 3.05) is 31.8 Å². The Labute approximate surface area is 271 Å². The number of aliphatic hydroxyl groups excluding tert-OH is 2. The highest BCUT2D eigenvalue weighted by molar-refractivity contribution is 8.18. The van der Waals surface area contributed by atoms with Gasteiger partial charge in [0.25, 0.3) is 0 Å². The largest absolute Gasteiger partial charge is 0.497 e. The van der Waals surface area contributed by atoms with Crippen LogP contribution in [0.25, 0.3) is 0 Å². The van der Waals surface area contributed by atoms with Crippen molar-refractivity contribution in [2.24, 2.45) is 11.8 Å². The highest BCUT2D eigenvalue weighted by atomic mass is 32.2. The molecule has 2 N–H and O–H groups in total. The summed E-state index contributed by atoms with van der Waals surface area (Å²) in [7, 11) is 1.67. The molecular formula is C36H48O6S2. The van der Waals surface area contributed by atoms with E-state index in [2.05, 4.69) is 19.1 Å². The molecule has 0 aromatic heterocycles. The van der Waals surface area contributed by atoms with Crippen LogP contribution in [0.1, 0.15) is 43.4 Å². The van der Waals surface area contributed by atoms with Gasteiger partial charge in [-0.25, -0.2) is 0 Å². The lowest BCUT2D eigenvalue weighted by atomic mass is 9.83. The lowest BCUT2D eigenvalue weighted by Gasteiger charge is -2.46. The number of benzene rings is 3. The van der Waals surface area contributed by atoms with Crippen LogP contribution in [0.4, 0.5) is 0 Å².